The van der Waals surface area contributed by atoms with E-state index in [4.69, 9.17) is 28.9 Å². The minimum atomic E-state index is -0.342. The van der Waals surface area contributed by atoms with Gasteiger partial charge in [-0.25, -0.2) is 4.98 Å². The smallest absolute Gasteiger partial charge is 0.262 e. The van der Waals surface area contributed by atoms with Gasteiger partial charge in [0, 0.05) is 34.6 Å². The summed E-state index contributed by atoms with van der Waals surface area (Å²) >= 11 is 13.4. The molecule has 3 aromatic rings. The second-order valence-corrected chi connectivity index (χ2v) is 7.02. The van der Waals surface area contributed by atoms with Gasteiger partial charge in [0.1, 0.15) is 11.4 Å². The molecule has 24 heavy (non-hydrogen) atoms. The summed E-state index contributed by atoms with van der Waals surface area (Å²) in [5.41, 5.74) is 7.05. The van der Waals surface area contributed by atoms with Crippen LogP contribution in [0, 0.1) is 0 Å². The Kier molecular flexibility index (Phi) is 4.75. The van der Waals surface area contributed by atoms with E-state index in [1.807, 2.05) is 6.07 Å². The van der Waals surface area contributed by atoms with Crippen LogP contribution in [0.15, 0.2) is 30.6 Å². The molecule has 9 heteroatoms. The van der Waals surface area contributed by atoms with E-state index in [0.717, 1.165) is 10.4 Å². The van der Waals surface area contributed by atoms with Crippen LogP contribution in [0.3, 0.4) is 0 Å². The first kappa shape index (κ1) is 16.8. The summed E-state index contributed by atoms with van der Waals surface area (Å²) < 4.78 is 1.44. The van der Waals surface area contributed by atoms with Crippen molar-refractivity contribution in [2.75, 3.05) is 11.1 Å². The minimum Gasteiger partial charge on any atom is -0.383 e. The summed E-state index contributed by atoms with van der Waals surface area (Å²) in [6, 6.07) is 5.37. The molecule has 1 amide bonds. The summed E-state index contributed by atoms with van der Waals surface area (Å²) in [6.07, 6.45) is 3.74. The SMILES string of the molecule is Cn1ncc(C(=O)Nc2ncc(Cc3ccc(Cl)cc3Cl)s2)c1N. The fourth-order valence-electron chi connectivity index (χ4n) is 2.09. The molecular weight excluding hydrogens is 369 g/mol. The number of nitrogens with two attached hydrogens (primary N) is 1. The normalized spacial score (nSPS) is 10.8. The lowest BCUT2D eigenvalue weighted by Gasteiger charge is -2.02. The molecule has 3 rings (SSSR count). The molecule has 0 aliphatic heterocycles. The molecule has 0 spiro atoms. The molecule has 0 radical (unpaired) electrons. The Hall–Kier alpha value is -2.09. The number of rotatable bonds is 4. The van der Waals surface area contributed by atoms with Gasteiger partial charge in [0.15, 0.2) is 5.13 Å². The number of nitrogens with zero attached hydrogens (tertiary/aromatic N) is 3. The van der Waals surface area contributed by atoms with Crippen LogP contribution in [0.5, 0.6) is 0 Å². The zero-order valence-corrected chi connectivity index (χ0v) is 14.9. The Bertz CT molecular complexity index is 905. The number of carbonyl (C=O) groups is 1. The molecule has 1 aromatic carbocycles. The summed E-state index contributed by atoms with van der Waals surface area (Å²) in [6.45, 7) is 0. The number of aryl methyl sites for hydroxylation is 1. The van der Waals surface area contributed by atoms with Crippen molar-refractivity contribution in [3.63, 3.8) is 0 Å². The first-order chi connectivity index (χ1) is 11.4. The van der Waals surface area contributed by atoms with Gasteiger partial charge in [0.25, 0.3) is 5.91 Å². The highest BCUT2D eigenvalue weighted by atomic mass is 35.5. The van der Waals surface area contributed by atoms with E-state index in [1.54, 1.807) is 25.4 Å². The van der Waals surface area contributed by atoms with Gasteiger partial charge in [-0.05, 0) is 17.7 Å². The first-order valence-corrected chi connectivity index (χ1v) is 8.48. The number of halogens is 2. The molecule has 0 saturated heterocycles. The topological polar surface area (TPSA) is 85.8 Å². The number of carbonyl (C=O) groups excluding carboxylic acids is 1. The van der Waals surface area contributed by atoms with E-state index in [0.29, 0.717) is 33.0 Å². The highest BCUT2D eigenvalue weighted by Crippen LogP contribution is 2.27. The zero-order valence-electron chi connectivity index (χ0n) is 12.6. The number of benzene rings is 1. The number of thiazole rings is 1. The van der Waals surface area contributed by atoms with Crippen molar-refractivity contribution < 1.29 is 4.79 Å². The van der Waals surface area contributed by atoms with Crippen molar-refractivity contribution in [3.05, 3.63) is 56.6 Å². The number of hydrogen-bond donors (Lipinski definition) is 2. The van der Waals surface area contributed by atoms with E-state index >= 15 is 0 Å². The van der Waals surface area contributed by atoms with Gasteiger partial charge in [-0.1, -0.05) is 29.3 Å². The molecule has 0 aliphatic carbocycles. The van der Waals surface area contributed by atoms with Crippen LogP contribution < -0.4 is 11.1 Å². The van der Waals surface area contributed by atoms with Crippen molar-refractivity contribution in [2.45, 2.75) is 6.42 Å². The van der Waals surface area contributed by atoms with Crippen molar-refractivity contribution in [1.29, 1.82) is 0 Å². The lowest BCUT2D eigenvalue weighted by molar-refractivity contribution is 0.102. The Labute approximate surface area is 152 Å². The summed E-state index contributed by atoms with van der Waals surface area (Å²) in [7, 11) is 1.67. The molecule has 6 nitrogen and oxygen atoms in total. The van der Waals surface area contributed by atoms with Crippen LogP contribution in [0.4, 0.5) is 10.9 Å². The Balaban J connectivity index is 1.71. The predicted molar refractivity (Wildman–Crippen MR) is 97.0 cm³/mol. The number of anilines is 2. The van der Waals surface area contributed by atoms with E-state index < -0.39 is 0 Å². The number of aromatic nitrogens is 3. The van der Waals surface area contributed by atoms with Crippen LogP contribution in [0.1, 0.15) is 20.8 Å². The van der Waals surface area contributed by atoms with Crippen LogP contribution >= 0.6 is 34.5 Å². The molecule has 0 atom stereocenters. The van der Waals surface area contributed by atoms with Gasteiger partial charge in [-0.3, -0.25) is 14.8 Å². The maximum absolute atomic E-state index is 12.2. The number of nitrogens with one attached hydrogen (secondary N) is 1. The third-order valence-corrected chi connectivity index (χ3v) is 4.88. The highest BCUT2D eigenvalue weighted by molar-refractivity contribution is 7.15. The molecule has 0 bridgehead atoms. The number of nitrogen functional groups attached to an aromatic ring is 1. The second kappa shape index (κ2) is 6.80. The lowest BCUT2D eigenvalue weighted by atomic mass is 10.1. The average Bonchev–Trinajstić information content (AvgIpc) is 3.10. The van der Waals surface area contributed by atoms with E-state index in [2.05, 4.69) is 15.4 Å². The molecule has 3 N–H and O–H groups in total. The summed E-state index contributed by atoms with van der Waals surface area (Å²) in [5.74, 6) is -0.0387. The first-order valence-electron chi connectivity index (χ1n) is 6.91. The monoisotopic (exact) mass is 381 g/mol. The van der Waals surface area contributed by atoms with Gasteiger partial charge >= 0.3 is 0 Å². The quantitative estimate of drug-likeness (QED) is 0.722. The third kappa shape index (κ3) is 3.53. The van der Waals surface area contributed by atoms with Gasteiger partial charge in [0.05, 0.1) is 6.20 Å². The maximum atomic E-state index is 12.2. The molecule has 124 valence electrons. The fourth-order valence-corrected chi connectivity index (χ4v) is 3.39. The van der Waals surface area contributed by atoms with E-state index in [-0.39, 0.29) is 5.91 Å². The van der Waals surface area contributed by atoms with Gasteiger partial charge in [0.2, 0.25) is 0 Å². The second-order valence-electron chi connectivity index (χ2n) is 5.07. The van der Waals surface area contributed by atoms with Crippen molar-refractivity contribution in [3.8, 4) is 0 Å². The van der Waals surface area contributed by atoms with Crippen molar-refractivity contribution in [2.24, 2.45) is 7.05 Å². The lowest BCUT2D eigenvalue weighted by Crippen LogP contribution is -2.13. The van der Waals surface area contributed by atoms with Crippen molar-refractivity contribution >= 4 is 51.4 Å². The molecule has 0 fully saturated rings. The van der Waals surface area contributed by atoms with Crippen LogP contribution in [0.25, 0.3) is 0 Å². The Morgan fingerprint density at radius 1 is 1.38 bits per heavy atom. The number of amides is 1. The zero-order chi connectivity index (χ0) is 17.3. The molecule has 0 saturated carbocycles. The van der Waals surface area contributed by atoms with Crippen LogP contribution in [-0.2, 0) is 13.5 Å². The van der Waals surface area contributed by atoms with Gasteiger partial charge in [-0.2, -0.15) is 5.10 Å². The summed E-state index contributed by atoms with van der Waals surface area (Å²) in [5, 5.41) is 8.35. The molecule has 2 heterocycles. The number of hydrogen-bond acceptors (Lipinski definition) is 5. The molecule has 0 aliphatic rings. The highest BCUT2D eigenvalue weighted by Gasteiger charge is 2.15. The third-order valence-electron chi connectivity index (χ3n) is 3.38. The molecule has 0 unspecified atom stereocenters. The Morgan fingerprint density at radius 3 is 2.83 bits per heavy atom. The largest absolute Gasteiger partial charge is 0.383 e. The maximum Gasteiger partial charge on any atom is 0.262 e. The van der Waals surface area contributed by atoms with E-state index in [9.17, 15) is 4.79 Å². The standard InChI is InChI=1S/C15H13Cl2N5OS/c1-22-13(18)11(7-20-22)14(23)21-15-19-6-10(24-15)4-8-2-3-9(16)5-12(8)17/h2-3,5-7H,4,18H2,1H3,(H,19,21,23). The average molecular weight is 382 g/mol. The van der Waals surface area contributed by atoms with Crippen molar-refractivity contribution in [1.82, 2.24) is 14.8 Å². The van der Waals surface area contributed by atoms with Gasteiger partial charge < -0.3 is 5.73 Å². The van der Waals surface area contributed by atoms with Crippen LogP contribution in [-0.4, -0.2) is 20.7 Å². The predicted octanol–water partition coefficient (Wildman–Crippen LogP) is 3.61. The van der Waals surface area contributed by atoms with E-state index in [1.165, 1.54) is 22.2 Å². The molecule has 2 aromatic heterocycles. The fraction of sp³-hybridized carbons (Fsp3) is 0.133. The van der Waals surface area contributed by atoms with Gasteiger partial charge in [-0.15, -0.1) is 11.3 Å². The summed E-state index contributed by atoms with van der Waals surface area (Å²) in [4.78, 5) is 17.4. The minimum absolute atomic E-state index is 0.303. The van der Waals surface area contributed by atoms with Crippen LogP contribution in [0.2, 0.25) is 10.0 Å². The Morgan fingerprint density at radius 2 is 2.17 bits per heavy atom. The molecular formula is C15H13Cl2N5OS.